The molecule has 0 unspecified atom stereocenters. The predicted molar refractivity (Wildman–Crippen MR) is 116 cm³/mol. The van der Waals surface area contributed by atoms with E-state index in [1.54, 1.807) is 6.07 Å². The van der Waals surface area contributed by atoms with Gasteiger partial charge in [-0.05, 0) is 43.7 Å². The van der Waals surface area contributed by atoms with Crippen molar-refractivity contribution in [1.29, 1.82) is 0 Å². The number of allylic oxidation sites excluding steroid dienone is 1. The van der Waals surface area contributed by atoms with Gasteiger partial charge in [0.2, 0.25) is 11.8 Å². The van der Waals surface area contributed by atoms with Gasteiger partial charge in [0.25, 0.3) is 0 Å². The van der Waals surface area contributed by atoms with Crippen LogP contribution in [0.1, 0.15) is 31.2 Å². The zero-order chi connectivity index (χ0) is 22.4. The van der Waals surface area contributed by atoms with Gasteiger partial charge < -0.3 is 10.1 Å². The highest BCUT2D eigenvalue weighted by molar-refractivity contribution is 6.01. The number of nitrogens with one attached hydrogen (secondary N) is 1. The fraction of sp³-hybridized carbons (Fsp3) is 0.333. The SMILES string of the molecule is C=CC(=O)Nc1cc(/C=C/[C@H]2CC[C@H](C(F)(F)F)CC2)c(OC)nc1-c1ccccc1. The van der Waals surface area contributed by atoms with Crippen molar-refractivity contribution >= 4 is 17.7 Å². The van der Waals surface area contributed by atoms with Crippen LogP contribution in [0.15, 0.2) is 55.1 Å². The van der Waals surface area contributed by atoms with E-state index in [2.05, 4.69) is 16.9 Å². The van der Waals surface area contributed by atoms with Crippen molar-refractivity contribution in [3.63, 3.8) is 0 Å². The lowest BCUT2D eigenvalue weighted by Gasteiger charge is -2.28. The number of methoxy groups -OCH3 is 1. The minimum absolute atomic E-state index is 0.0586. The van der Waals surface area contributed by atoms with Crippen LogP contribution >= 0.6 is 0 Å². The van der Waals surface area contributed by atoms with Gasteiger partial charge in [-0.25, -0.2) is 4.98 Å². The van der Waals surface area contributed by atoms with Gasteiger partial charge in [-0.1, -0.05) is 49.1 Å². The average Bonchev–Trinajstić information content (AvgIpc) is 2.77. The van der Waals surface area contributed by atoms with Crippen molar-refractivity contribution in [2.75, 3.05) is 12.4 Å². The van der Waals surface area contributed by atoms with Crippen molar-refractivity contribution in [3.05, 3.63) is 60.7 Å². The molecule has 2 aromatic rings. The topological polar surface area (TPSA) is 51.2 Å². The Labute approximate surface area is 179 Å². The number of pyridine rings is 1. The first-order chi connectivity index (χ1) is 14.8. The number of benzene rings is 1. The maximum Gasteiger partial charge on any atom is 0.391 e. The van der Waals surface area contributed by atoms with Crippen LogP contribution in [0.2, 0.25) is 0 Å². The van der Waals surface area contributed by atoms with E-state index in [-0.39, 0.29) is 24.7 Å². The van der Waals surface area contributed by atoms with Crippen LogP contribution in [0.4, 0.5) is 18.9 Å². The normalized spacial score (nSPS) is 19.2. The minimum Gasteiger partial charge on any atom is -0.481 e. The Morgan fingerprint density at radius 3 is 2.45 bits per heavy atom. The third-order valence-corrected chi connectivity index (χ3v) is 5.48. The molecular formula is C24H25F3N2O2. The van der Waals surface area contributed by atoms with Gasteiger partial charge >= 0.3 is 6.18 Å². The average molecular weight is 430 g/mol. The third-order valence-electron chi connectivity index (χ3n) is 5.48. The summed E-state index contributed by atoms with van der Waals surface area (Å²) in [5.74, 6) is -1.15. The molecule has 1 aromatic carbocycles. The van der Waals surface area contributed by atoms with Gasteiger partial charge in [0.05, 0.1) is 24.4 Å². The highest BCUT2D eigenvalue weighted by Gasteiger charge is 2.40. The van der Waals surface area contributed by atoms with E-state index in [0.717, 1.165) is 5.56 Å². The molecule has 0 bridgehead atoms. The highest BCUT2D eigenvalue weighted by atomic mass is 19.4. The van der Waals surface area contributed by atoms with Gasteiger partial charge in [-0.2, -0.15) is 13.2 Å². The predicted octanol–water partition coefficient (Wildman–Crippen LogP) is 6.26. The Hall–Kier alpha value is -3.09. The molecule has 0 aliphatic heterocycles. The van der Waals surface area contributed by atoms with E-state index >= 15 is 0 Å². The summed E-state index contributed by atoms with van der Waals surface area (Å²) < 4.78 is 44.1. The van der Waals surface area contributed by atoms with Crippen LogP contribution in [0.5, 0.6) is 5.88 Å². The number of alkyl halides is 3. The smallest absolute Gasteiger partial charge is 0.391 e. The van der Waals surface area contributed by atoms with Gasteiger partial charge in [-0.15, -0.1) is 0 Å². The number of halogens is 3. The van der Waals surface area contributed by atoms with E-state index in [1.165, 1.54) is 13.2 Å². The summed E-state index contributed by atoms with van der Waals surface area (Å²) in [7, 11) is 1.50. The summed E-state index contributed by atoms with van der Waals surface area (Å²) in [5, 5.41) is 2.78. The molecule has 1 aromatic heterocycles. The summed E-state index contributed by atoms with van der Waals surface area (Å²) in [6.45, 7) is 3.48. The second kappa shape index (κ2) is 9.81. The Balaban J connectivity index is 1.88. The van der Waals surface area contributed by atoms with Crippen molar-refractivity contribution in [2.45, 2.75) is 31.9 Å². The van der Waals surface area contributed by atoms with E-state index < -0.39 is 12.1 Å². The fourth-order valence-corrected chi connectivity index (χ4v) is 3.77. The first-order valence-electron chi connectivity index (χ1n) is 10.1. The van der Waals surface area contributed by atoms with Crippen molar-refractivity contribution in [1.82, 2.24) is 4.98 Å². The number of ether oxygens (including phenoxy) is 1. The maximum atomic E-state index is 12.9. The van der Waals surface area contributed by atoms with E-state index in [1.807, 2.05) is 42.5 Å². The molecule has 1 heterocycles. The molecule has 1 fully saturated rings. The number of amides is 1. The number of carbonyl (C=O) groups is 1. The van der Waals surface area contributed by atoms with Crippen molar-refractivity contribution in [2.24, 2.45) is 11.8 Å². The largest absolute Gasteiger partial charge is 0.481 e. The number of hydrogen-bond donors (Lipinski definition) is 1. The molecular weight excluding hydrogens is 405 g/mol. The Bertz CT molecular complexity index is 947. The summed E-state index contributed by atoms with van der Waals surface area (Å²) in [5.41, 5.74) is 2.49. The van der Waals surface area contributed by atoms with Crippen LogP contribution in [-0.2, 0) is 4.79 Å². The molecule has 164 valence electrons. The highest BCUT2D eigenvalue weighted by Crippen LogP contribution is 2.40. The van der Waals surface area contributed by atoms with E-state index in [4.69, 9.17) is 4.74 Å². The number of anilines is 1. The molecule has 1 amide bonds. The number of rotatable bonds is 6. The molecule has 4 nitrogen and oxygen atoms in total. The molecule has 1 saturated carbocycles. The number of hydrogen-bond acceptors (Lipinski definition) is 3. The third kappa shape index (κ3) is 5.75. The van der Waals surface area contributed by atoms with E-state index in [9.17, 15) is 18.0 Å². The van der Waals surface area contributed by atoms with Crippen LogP contribution in [-0.4, -0.2) is 24.2 Å². The Morgan fingerprint density at radius 1 is 1.19 bits per heavy atom. The maximum absolute atomic E-state index is 12.9. The lowest BCUT2D eigenvalue weighted by atomic mass is 9.81. The molecule has 1 N–H and O–H groups in total. The first-order valence-corrected chi connectivity index (χ1v) is 10.1. The second-order valence-corrected chi connectivity index (χ2v) is 7.55. The summed E-state index contributed by atoms with van der Waals surface area (Å²) in [4.78, 5) is 16.5. The molecule has 0 saturated heterocycles. The minimum atomic E-state index is -4.12. The summed E-state index contributed by atoms with van der Waals surface area (Å²) in [6.07, 6.45) is 2.03. The Morgan fingerprint density at radius 2 is 1.87 bits per heavy atom. The van der Waals surface area contributed by atoms with Gasteiger partial charge in [0.15, 0.2) is 0 Å². The van der Waals surface area contributed by atoms with Gasteiger partial charge in [0, 0.05) is 11.1 Å². The summed E-state index contributed by atoms with van der Waals surface area (Å²) >= 11 is 0. The zero-order valence-electron chi connectivity index (χ0n) is 17.3. The monoisotopic (exact) mass is 430 g/mol. The first kappa shape index (κ1) is 22.6. The quantitative estimate of drug-likeness (QED) is 0.550. The molecule has 1 aliphatic carbocycles. The molecule has 0 atom stereocenters. The van der Waals surface area contributed by atoms with Crippen LogP contribution in [0.3, 0.4) is 0 Å². The zero-order valence-corrected chi connectivity index (χ0v) is 17.3. The molecule has 31 heavy (non-hydrogen) atoms. The van der Waals surface area contributed by atoms with Gasteiger partial charge in [0.1, 0.15) is 0 Å². The lowest BCUT2D eigenvalue weighted by Crippen LogP contribution is -2.27. The second-order valence-electron chi connectivity index (χ2n) is 7.55. The van der Waals surface area contributed by atoms with Crippen molar-refractivity contribution in [3.8, 4) is 17.1 Å². The van der Waals surface area contributed by atoms with Gasteiger partial charge in [-0.3, -0.25) is 4.79 Å². The summed E-state index contributed by atoms with van der Waals surface area (Å²) in [6, 6.07) is 11.1. The molecule has 1 aliphatic rings. The molecule has 3 rings (SSSR count). The van der Waals surface area contributed by atoms with Crippen LogP contribution in [0, 0.1) is 11.8 Å². The van der Waals surface area contributed by atoms with Crippen LogP contribution in [0.25, 0.3) is 17.3 Å². The number of nitrogens with zero attached hydrogens (tertiary/aromatic N) is 1. The lowest BCUT2D eigenvalue weighted by molar-refractivity contribution is -0.183. The standard InChI is InChI=1S/C24H25F3N2O2/c1-3-21(30)28-20-15-18(12-9-16-10-13-19(14-11-16)24(25,26)27)23(31-2)29-22(20)17-7-5-4-6-8-17/h3-9,12,15-16,19H,1,10-11,13-14H2,2H3,(H,28,30)/b12-9+/t16-,19-. The van der Waals surface area contributed by atoms with Crippen molar-refractivity contribution < 1.29 is 22.7 Å². The fourth-order valence-electron chi connectivity index (χ4n) is 3.77. The van der Waals surface area contributed by atoms with Crippen LogP contribution < -0.4 is 10.1 Å². The molecule has 7 heteroatoms. The molecule has 0 radical (unpaired) electrons. The number of aromatic nitrogens is 1. The number of carbonyl (C=O) groups excluding carboxylic acids is 1. The van der Waals surface area contributed by atoms with E-state index in [0.29, 0.717) is 35.7 Å². The Kier molecular flexibility index (Phi) is 7.15. The molecule has 0 spiro atoms.